The fourth-order valence-electron chi connectivity index (χ4n) is 3.77. The lowest BCUT2D eigenvalue weighted by Gasteiger charge is -2.25. The summed E-state index contributed by atoms with van der Waals surface area (Å²) in [5.74, 6) is 0.750. The van der Waals surface area contributed by atoms with Crippen molar-refractivity contribution < 1.29 is 19.0 Å². The first kappa shape index (κ1) is 19.0. The number of ether oxygens (including phenoxy) is 3. The van der Waals surface area contributed by atoms with E-state index in [2.05, 4.69) is 0 Å². The maximum Gasteiger partial charge on any atom is 0.341 e. The summed E-state index contributed by atoms with van der Waals surface area (Å²) in [6.07, 6.45) is 0.447. The highest BCUT2D eigenvalue weighted by Crippen LogP contribution is 2.50. The zero-order valence-electron chi connectivity index (χ0n) is 15.7. The van der Waals surface area contributed by atoms with Gasteiger partial charge < -0.3 is 14.2 Å². The summed E-state index contributed by atoms with van der Waals surface area (Å²) in [4.78, 5) is 13.1. The minimum atomic E-state index is -1.43. The Balaban J connectivity index is 1.68. The van der Waals surface area contributed by atoms with E-state index in [1.807, 2.05) is 36.4 Å². The standard InChI is InChI=1S/C24H16Cl2O4/c25-18-9-7-17(8-10-18)24(26)19(12-15-4-2-1-3-5-15)22(23(27)30-24)16-6-11-20-21(13-16)29-14-28-20/h1-11,13H,12,14H2. The Kier molecular flexibility index (Phi) is 4.69. The third-order valence-electron chi connectivity index (χ3n) is 5.23. The summed E-state index contributed by atoms with van der Waals surface area (Å²) in [6.45, 7) is 0.156. The number of rotatable bonds is 4. The number of benzene rings is 3. The van der Waals surface area contributed by atoms with Crippen molar-refractivity contribution in [2.24, 2.45) is 0 Å². The number of fused-ring (bicyclic) bond motifs is 1. The van der Waals surface area contributed by atoms with Gasteiger partial charge in [-0.05, 0) is 35.4 Å². The fourth-order valence-corrected chi connectivity index (χ4v) is 4.25. The molecule has 30 heavy (non-hydrogen) atoms. The molecule has 0 fully saturated rings. The lowest BCUT2D eigenvalue weighted by Crippen LogP contribution is -2.23. The average molecular weight is 439 g/mol. The fraction of sp³-hybridized carbons (Fsp3) is 0.125. The van der Waals surface area contributed by atoms with Crippen LogP contribution in [0.3, 0.4) is 0 Å². The highest BCUT2D eigenvalue weighted by molar-refractivity contribution is 6.33. The molecule has 5 rings (SSSR count). The molecule has 2 aliphatic rings. The van der Waals surface area contributed by atoms with Crippen molar-refractivity contribution >= 4 is 34.7 Å². The second-order valence-electron chi connectivity index (χ2n) is 7.08. The molecule has 2 heterocycles. The SMILES string of the molecule is O=C1OC(Cl)(c2ccc(Cl)cc2)C(Cc2ccccc2)=C1c1ccc2c(c1)OCO2. The molecule has 0 saturated carbocycles. The van der Waals surface area contributed by atoms with Crippen LogP contribution in [0.1, 0.15) is 16.7 Å². The largest absolute Gasteiger partial charge is 0.454 e. The summed E-state index contributed by atoms with van der Waals surface area (Å²) in [5.41, 5.74) is 3.43. The molecule has 1 unspecified atom stereocenters. The van der Waals surface area contributed by atoms with Gasteiger partial charge in [0.25, 0.3) is 0 Å². The number of esters is 1. The van der Waals surface area contributed by atoms with Crippen LogP contribution >= 0.6 is 23.2 Å². The van der Waals surface area contributed by atoms with Crippen LogP contribution < -0.4 is 9.47 Å². The van der Waals surface area contributed by atoms with Gasteiger partial charge in [-0.3, -0.25) is 0 Å². The molecule has 0 amide bonds. The molecule has 0 bridgehead atoms. The van der Waals surface area contributed by atoms with Crippen LogP contribution in [0.15, 0.2) is 78.4 Å². The van der Waals surface area contributed by atoms with Crippen molar-refractivity contribution in [1.82, 2.24) is 0 Å². The smallest absolute Gasteiger partial charge is 0.341 e. The molecule has 0 aliphatic carbocycles. The number of alkyl halides is 1. The number of carbonyl (C=O) groups is 1. The van der Waals surface area contributed by atoms with E-state index in [-0.39, 0.29) is 6.79 Å². The molecule has 2 aliphatic heterocycles. The maximum absolute atomic E-state index is 13.1. The molecule has 0 saturated heterocycles. The van der Waals surface area contributed by atoms with E-state index in [9.17, 15) is 4.79 Å². The Labute approximate surface area is 183 Å². The second kappa shape index (κ2) is 7.38. The van der Waals surface area contributed by atoms with Gasteiger partial charge in [0.2, 0.25) is 11.9 Å². The molecule has 3 aromatic rings. The summed E-state index contributed by atoms with van der Waals surface area (Å²) in [6, 6.07) is 22.2. The highest BCUT2D eigenvalue weighted by atomic mass is 35.5. The minimum absolute atomic E-state index is 0.156. The zero-order chi connectivity index (χ0) is 20.7. The van der Waals surface area contributed by atoms with Gasteiger partial charge in [-0.2, -0.15) is 0 Å². The van der Waals surface area contributed by atoms with E-state index in [1.165, 1.54) is 0 Å². The molecule has 6 heteroatoms. The van der Waals surface area contributed by atoms with Gasteiger partial charge >= 0.3 is 5.97 Å². The predicted octanol–water partition coefficient (Wildman–Crippen LogP) is 5.71. The lowest BCUT2D eigenvalue weighted by molar-refractivity contribution is -0.140. The first-order chi connectivity index (χ1) is 14.5. The molecule has 4 nitrogen and oxygen atoms in total. The van der Waals surface area contributed by atoms with E-state index in [0.29, 0.717) is 45.2 Å². The highest BCUT2D eigenvalue weighted by Gasteiger charge is 2.48. The van der Waals surface area contributed by atoms with Crippen LogP contribution in [-0.2, 0) is 21.0 Å². The number of carbonyl (C=O) groups excluding carboxylic acids is 1. The second-order valence-corrected chi connectivity index (χ2v) is 8.04. The third kappa shape index (κ3) is 3.22. The molecule has 0 N–H and O–H groups in total. The number of cyclic esters (lactones) is 1. The Bertz CT molecular complexity index is 1160. The number of hydrogen-bond acceptors (Lipinski definition) is 4. The topological polar surface area (TPSA) is 44.8 Å². The Morgan fingerprint density at radius 3 is 2.40 bits per heavy atom. The Hall–Kier alpha value is -2.95. The molecule has 0 aromatic heterocycles. The van der Waals surface area contributed by atoms with E-state index in [1.54, 1.807) is 36.4 Å². The van der Waals surface area contributed by atoms with E-state index >= 15 is 0 Å². The van der Waals surface area contributed by atoms with Crippen LogP contribution in [0.5, 0.6) is 11.5 Å². The molecular weight excluding hydrogens is 423 g/mol. The van der Waals surface area contributed by atoms with Gasteiger partial charge in [0.05, 0.1) is 5.57 Å². The first-order valence-electron chi connectivity index (χ1n) is 9.40. The lowest BCUT2D eigenvalue weighted by atomic mass is 9.90. The van der Waals surface area contributed by atoms with Crippen LogP contribution in [0.2, 0.25) is 5.02 Å². The van der Waals surface area contributed by atoms with Crippen molar-refractivity contribution in [3.8, 4) is 11.5 Å². The van der Waals surface area contributed by atoms with Crippen molar-refractivity contribution in [3.63, 3.8) is 0 Å². The maximum atomic E-state index is 13.1. The van der Waals surface area contributed by atoms with Gasteiger partial charge in [0.15, 0.2) is 11.5 Å². The molecule has 1 atom stereocenters. The van der Waals surface area contributed by atoms with Gasteiger partial charge in [-0.15, -0.1) is 0 Å². The molecule has 0 radical (unpaired) electrons. The molecule has 0 spiro atoms. The van der Waals surface area contributed by atoms with Crippen LogP contribution in [0, 0.1) is 0 Å². The average Bonchev–Trinajstić information content (AvgIpc) is 3.31. The first-order valence-corrected chi connectivity index (χ1v) is 10.2. The van der Waals surface area contributed by atoms with Crippen molar-refractivity contribution in [2.75, 3.05) is 6.79 Å². The van der Waals surface area contributed by atoms with Crippen molar-refractivity contribution in [2.45, 2.75) is 11.5 Å². The summed E-state index contributed by atoms with van der Waals surface area (Å²) < 4.78 is 16.7. The van der Waals surface area contributed by atoms with Crippen LogP contribution in [0.4, 0.5) is 0 Å². The molecule has 150 valence electrons. The van der Waals surface area contributed by atoms with Crippen molar-refractivity contribution in [3.05, 3.63) is 100 Å². The van der Waals surface area contributed by atoms with E-state index in [0.717, 1.165) is 5.56 Å². The molecule has 3 aromatic carbocycles. The summed E-state index contributed by atoms with van der Waals surface area (Å²) in [5, 5.41) is -0.851. The quantitative estimate of drug-likeness (QED) is 0.386. The summed E-state index contributed by atoms with van der Waals surface area (Å²) in [7, 11) is 0. The van der Waals surface area contributed by atoms with Crippen LogP contribution in [0.25, 0.3) is 5.57 Å². The van der Waals surface area contributed by atoms with Gasteiger partial charge in [-0.1, -0.05) is 71.7 Å². The number of hydrogen-bond donors (Lipinski definition) is 0. The normalized spacial score (nSPS) is 19.9. The zero-order valence-corrected chi connectivity index (χ0v) is 17.2. The van der Waals surface area contributed by atoms with E-state index in [4.69, 9.17) is 37.4 Å². The van der Waals surface area contributed by atoms with Crippen molar-refractivity contribution in [1.29, 1.82) is 0 Å². The minimum Gasteiger partial charge on any atom is -0.454 e. The number of halogens is 2. The Morgan fingerprint density at radius 1 is 0.900 bits per heavy atom. The molecular formula is C24H16Cl2O4. The van der Waals surface area contributed by atoms with Gasteiger partial charge in [0.1, 0.15) is 0 Å². The summed E-state index contributed by atoms with van der Waals surface area (Å²) >= 11 is 13.1. The van der Waals surface area contributed by atoms with Crippen LogP contribution in [-0.4, -0.2) is 12.8 Å². The van der Waals surface area contributed by atoms with E-state index < -0.39 is 11.0 Å². The Morgan fingerprint density at radius 2 is 1.63 bits per heavy atom. The predicted molar refractivity (Wildman–Crippen MR) is 115 cm³/mol. The monoisotopic (exact) mass is 438 g/mol. The van der Waals surface area contributed by atoms with Gasteiger partial charge in [0, 0.05) is 22.6 Å². The van der Waals surface area contributed by atoms with Gasteiger partial charge in [-0.25, -0.2) is 4.79 Å². The third-order valence-corrected chi connectivity index (χ3v) is 6.00.